The van der Waals surface area contributed by atoms with E-state index in [4.69, 9.17) is 49.7 Å². The third-order valence-electron chi connectivity index (χ3n) is 12.1. The van der Waals surface area contributed by atoms with Crippen LogP contribution in [0.4, 0.5) is 15.3 Å². The number of hydrogen-bond donors (Lipinski definition) is 0. The van der Waals surface area contributed by atoms with Crippen molar-refractivity contribution in [3.8, 4) is 57.7 Å². The fourth-order valence-corrected chi connectivity index (χ4v) is 8.63. The minimum absolute atomic E-state index is 0.118. The molecular formula is C55H64ClN9O9. The first-order valence-corrected chi connectivity index (χ1v) is 25.1. The molecule has 0 radical (unpaired) electrons. The quantitative estimate of drug-likeness (QED) is 0.113. The highest BCUT2D eigenvalue weighted by atomic mass is 35.5. The summed E-state index contributed by atoms with van der Waals surface area (Å²) in [6, 6.07) is 23.5. The third-order valence-corrected chi connectivity index (χ3v) is 12.3. The van der Waals surface area contributed by atoms with Gasteiger partial charge in [0.25, 0.3) is 0 Å². The van der Waals surface area contributed by atoms with Gasteiger partial charge in [0.15, 0.2) is 23.0 Å². The van der Waals surface area contributed by atoms with Gasteiger partial charge in [0.2, 0.25) is 5.28 Å². The lowest BCUT2D eigenvalue weighted by Gasteiger charge is -2.33. The number of aromatic nitrogens is 4. The Hall–Kier alpha value is -7.41. The molecule has 0 saturated carbocycles. The van der Waals surface area contributed by atoms with Crippen LogP contribution in [0.25, 0.3) is 22.5 Å². The SMILES string of the molecule is COc1cc(-c2ccnc(Cc3ccc(N4CCOCC4)cc3)n2)cc(C#N)c1OC1CCN(C(=O)OC(C)(C)C)CC1.COc1cc(-c2ccnc(Cl)n2)cc(C#N)c1OC1CCN(C(=O)OC(C)(C)C)CC1. The number of carbonyl (C=O) groups excluding carboxylic acids is 2. The molecule has 390 valence electrons. The molecule has 3 saturated heterocycles. The number of hydrogen-bond acceptors (Lipinski definition) is 16. The van der Waals surface area contributed by atoms with E-state index in [0.29, 0.717) is 115 Å². The average Bonchev–Trinajstić information content (AvgIpc) is 3.38. The maximum atomic E-state index is 12.4. The lowest BCUT2D eigenvalue weighted by Crippen LogP contribution is -2.44. The number of rotatable bonds is 11. The lowest BCUT2D eigenvalue weighted by molar-refractivity contribution is 0.0113. The van der Waals surface area contributed by atoms with Gasteiger partial charge in [-0.2, -0.15) is 10.5 Å². The number of morpholine rings is 1. The Balaban J connectivity index is 0.000000228. The Kier molecular flexibility index (Phi) is 18.0. The molecule has 0 unspecified atom stereocenters. The summed E-state index contributed by atoms with van der Waals surface area (Å²) in [6.45, 7) is 16.5. The van der Waals surface area contributed by atoms with E-state index in [9.17, 15) is 20.1 Å². The van der Waals surface area contributed by atoms with Gasteiger partial charge in [-0.05, 0) is 107 Å². The van der Waals surface area contributed by atoms with Crippen LogP contribution in [-0.4, -0.2) is 132 Å². The van der Waals surface area contributed by atoms with E-state index >= 15 is 0 Å². The Labute approximate surface area is 438 Å². The number of methoxy groups -OCH3 is 2. The standard InChI is InChI=1S/C33H39N5O5.C22H25ClN4O4/c1-33(2,3)43-32(39)38-13-10-27(11-14-38)42-31-25(22-34)20-24(21-29(31)40-4)28-9-12-35-30(36-28)19-23-5-7-26(8-6-23)37-15-17-41-18-16-37;1-22(2,3)31-21(28)27-9-6-16(7-10-27)30-19-15(13-24)11-14(12-18(19)29-4)17-5-8-25-20(23)26-17/h5-9,12,20-21,27H,10-11,13-19H2,1-4H3;5,8,11-12,16H,6-7,9-10H2,1-4H3. The molecule has 0 atom stereocenters. The molecule has 3 aliphatic rings. The molecular weight excluding hydrogens is 966 g/mol. The van der Waals surface area contributed by atoms with E-state index < -0.39 is 11.2 Å². The molecule has 5 heterocycles. The van der Waals surface area contributed by atoms with Crippen LogP contribution < -0.4 is 23.8 Å². The summed E-state index contributed by atoms with van der Waals surface area (Å²) in [5.41, 5.74) is 4.61. The summed E-state index contributed by atoms with van der Waals surface area (Å²) in [5.74, 6) is 2.36. The van der Waals surface area contributed by atoms with Gasteiger partial charge in [0.1, 0.15) is 41.4 Å². The first-order chi connectivity index (χ1) is 35.4. The monoisotopic (exact) mass is 1030 g/mol. The largest absolute Gasteiger partial charge is 0.493 e. The Morgan fingerprint density at radius 3 is 1.55 bits per heavy atom. The van der Waals surface area contributed by atoms with Crippen molar-refractivity contribution in [2.45, 2.75) is 97.1 Å². The lowest BCUT2D eigenvalue weighted by atomic mass is 10.0. The van der Waals surface area contributed by atoms with E-state index in [0.717, 1.165) is 37.4 Å². The smallest absolute Gasteiger partial charge is 0.410 e. The molecule has 5 aromatic rings. The van der Waals surface area contributed by atoms with Gasteiger partial charge in [-0.3, -0.25) is 0 Å². The van der Waals surface area contributed by atoms with E-state index in [1.165, 1.54) is 12.8 Å². The van der Waals surface area contributed by atoms with Crippen LogP contribution in [0.15, 0.2) is 73.1 Å². The van der Waals surface area contributed by atoms with Crippen LogP contribution in [0.5, 0.6) is 23.0 Å². The molecule has 0 aliphatic carbocycles. The van der Waals surface area contributed by atoms with Gasteiger partial charge in [-0.15, -0.1) is 0 Å². The van der Waals surface area contributed by atoms with Crippen molar-refractivity contribution in [3.05, 3.63) is 101 Å². The van der Waals surface area contributed by atoms with E-state index in [1.54, 1.807) is 53.6 Å². The van der Waals surface area contributed by atoms with Gasteiger partial charge in [-0.25, -0.2) is 29.5 Å². The molecule has 0 N–H and O–H groups in total. The highest BCUT2D eigenvalue weighted by Gasteiger charge is 2.31. The van der Waals surface area contributed by atoms with Crippen LogP contribution in [0.3, 0.4) is 0 Å². The first kappa shape index (κ1) is 54.4. The zero-order valence-electron chi connectivity index (χ0n) is 43.4. The second kappa shape index (κ2) is 24.5. The van der Waals surface area contributed by atoms with Gasteiger partial charge in [0, 0.05) is 101 Å². The second-order valence-corrected chi connectivity index (χ2v) is 20.3. The minimum atomic E-state index is -0.541. The molecule has 19 heteroatoms. The number of amides is 2. The van der Waals surface area contributed by atoms with Crippen LogP contribution in [0, 0.1) is 22.7 Å². The number of anilines is 1. The van der Waals surface area contributed by atoms with E-state index in [1.807, 2.05) is 53.7 Å². The number of benzene rings is 3. The number of carbonyl (C=O) groups is 2. The van der Waals surface area contributed by atoms with Crippen molar-refractivity contribution < 1.29 is 42.7 Å². The molecule has 2 aromatic heterocycles. The zero-order valence-corrected chi connectivity index (χ0v) is 44.1. The summed E-state index contributed by atoms with van der Waals surface area (Å²) in [6.07, 6.45) is 5.40. The topological polar surface area (TPSA) is 208 Å². The predicted octanol–water partition coefficient (Wildman–Crippen LogP) is 9.69. The van der Waals surface area contributed by atoms with Crippen molar-refractivity contribution >= 4 is 29.5 Å². The highest BCUT2D eigenvalue weighted by Crippen LogP contribution is 2.39. The summed E-state index contributed by atoms with van der Waals surface area (Å²) >= 11 is 5.89. The number of nitrogens with zero attached hydrogens (tertiary/aromatic N) is 9. The van der Waals surface area contributed by atoms with Crippen LogP contribution in [0.2, 0.25) is 5.28 Å². The van der Waals surface area contributed by atoms with Crippen LogP contribution in [-0.2, 0) is 20.6 Å². The molecule has 8 rings (SSSR count). The number of halogens is 1. The highest BCUT2D eigenvalue weighted by molar-refractivity contribution is 6.28. The van der Waals surface area contributed by atoms with E-state index in [2.05, 4.69) is 56.3 Å². The van der Waals surface area contributed by atoms with Gasteiger partial charge in [-0.1, -0.05) is 12.1 Å². The Morgan fingerprint density at radius 1 is 0.662 bits per heavy atom. The zero-order chi connectivity index (χ0) is 53.0. The minimum Gasteiger partial charge on any atom is -0.493 e. The number of piperidine rings is 2. The Morgan fingerprint density at radius 2 is 1.12 bits per heavy atom. The summed E-state index contributed by atoms with van der Waals surface area (Å²) in [4.78, 5) is 47.8. The molecule has 2 amide bonds. The van der Waals surface area contributed by atoms with Crippen molar-refractivity contribution in [3.63, 3.8) is 0 Å². The number of nitriles is 2. The van der Waals surface area contributed by atoms with Crippen LogP contribution in [0.1, 0.15) is 89.7 Å². The fraction of sp³-hybridized carbons (Fsp3) is 0.455. The van der Waals surface area contributed by atoms with Crippen LogP contribution >= 0.6 is 11.6 Å². The number of ether oxygens (including phenoxy) is 7. The molecule has 0 spiro atoms. The Bertz CT molecular complexity index is 2820. The second-order valence-electron chi connectivity index (χ2n) is 19.9. The van der Waals surface area contributed by atoms with Crippen molar-refractivity contribution in [1.29, 1.82) is 10.5 Å². The molecule has 3 aliphatic heterocycles. The summed E-state index contributed by atoms with van der Waals surface area (Å²) in [5, 5.41) is 19.9. The predicted molar refractivity (Wildman–Crippen MR) is 278 cm³/mol. The molecule has 74 heavy (non-hydrogen) atoms. The maximum absolute atomic E-state index is 12.4. The average molecular weight is 1030 g/mol. The van der Waals surface area contributed by atoms with Crippen molar-refractivity contribution in [2.75, 3.05) is 71.6 Å². The van der Waals surface area contributed by atoms with Gasteiger partial charge >= 0.3 is 12.2 Å². The third kappa shape index (κ3) is 14.9. The summed E-state index contributed by atoms with van der Waals surface area (Å²) in [7, 11) is 3.08. The molecule has 3 aromatic carbocycles. The van der Waals surface area contributed by atoms with Gasteiger partial charge < -0.3 is 47.9 Å². The first-order valence-electron chi connectivity index (χ1n) is 24.7. The maximum Gasteiger partial charge on any atom is 0.410 e. The molecule has 3 fully saturated rings. The van der Waals surface area contributed by atoms with Crippen molar-refractivity contribution in [2.24, 2.45) is 0 Å². The number of likely N-dealkylation sites (tertiary alicyclic amines) is 2. The van der Waals surface area contributed by atoms with Gasteiger partial charge in [0.05, 0.1) is 49.9 Å². The normalized spacial score (nSPS) is 15.4. The molecule has 0 bridgehead atoms. The fourth-order valence-electron chi connectivity index (χ4n) is 8.48. The molecule has 18 nitrogen and oxygen atoms in total. The summed E-state index contributed by atoms with van der Waals surface area (Å²) < 4.78 is 40.0. The van der Waals surface area contributed by atoms with Crippen molar-refractivity contribution in [1.82, 2.24) is 29.7 Å². The van der Waals surface area contributed by atoms with E-state index in [-0.39, 0.29) is 29.7 Å².